The van der Waals surface area contributed by atoms with Crippen LogP contribution in [0.1, 0.15) is 21.5 Å². The van der Waals surface area contributed by atoms with E-state index in [2.05, 4.69) is 4.74 Å². The molecule has 0 atom stereocenters. The van der Waals surface area contributed by atoms with Gasteiger partial charge in [0.1, 0.15) is 11.3 Å². The van der Waals surface area contributed by atoms with Crippen molar-refractivity contribution < 1.29 is 34.3 Å². The van der Waals surface area contributed by atoms with E-state index in [1.807, 2.05) is 6.92 Å². The SMILES string of the molecule is COc1cc([N+](=O)[O-])c(C(=O)O)cc1O.COc1cc([N+](=O)[O-])c(C)cc1C. The van der Waals surface area contributed by atoms with Crippen molar-refractivity contribution in [2.24, 2.45) is 0 Å². The van der Waals surface area contributed by atoms with Crippen molar-refractivity contribution in [2.45, 2.75) is 13.8 Å². The highest BCUT2D eigenvalue weighted by molar-refractivity contribution is 5.93. The van der Waals surface area contributed by atoms with Gasteiger partial charge in [0.05, 0.1) is 36.2 Å². The number of rotatable bonds is 5. The smallest absolute Gasteiger partial charge is 0.342 e. The minimum atomic E-state index is -1.49. The van der Waals surface area contributed by atoms with E-state index in [0.29, 0.717) is 11.3 Å². The molecule has 0 aliphatic carbocycles. The summed E-state index contributed by atoms with van der Waals surface area (Å²) >= 11 is 0. The number of aryl methyl sites for hydroxylation is 2. The summed E-state index contributed by atoms with van der Waals surface area (Å²) in [5.74, 6) is -1.54. The molecule has 0 aliphatic rings. The lowest BCUT2D eigenvalue weighted by molar-refractivity contribution is -0.385. The first-order valence-electron chi connectivity index (χ1n) is 7.61. The number of hydrogen-bond acceptors (Lipinski definition) is 8. The van der Waals surface area contributed by atoms with Gasteiger partial charge in [0.2, 0.25) is 0 Å². The van der Waals surface area contributed by atoms with Gasteiger partial charge >= 0.3 is 5.97 Å². The number of hydrogen-bond donors (Lipinski definition) is 2. The fraction of sp³-hybridized carbons (Fsp3) is 0.235. The van der Waals surface area contributed by atoms with Crippen molar-refractivity contribution in [1.82, 2.24) is 0 Å². The third-order valence-electron chi connectivity index (χ3n) is 3.63. The first-order chi connectivity index (χ1) is 13.0. The van der Waals surface area contributed by atoms with Gasteiger partial charge in [-0.25, -0.2) is 4.79 Å². The normalized spacial score (nSPS) is 9.71. The highest BCUT2D eigenvalue weighted by Crippen LogP contribution is 2.33. The van der Waals surface area contributed by atoms with Gasteiger partial charge in [-0.3, -0.25) is 20.2 Å². The number of carboxylic acid groups (broad SMARTS) is 1. The second-order valence-electron chi connectivity index (χ2n) is 5.47. The molecule has 0 spiro atoms. The van der Waals surface area contributed by atoms with Crippen LogP contribution in [0.25, 0.3) is 0 Å². The zero-order valence-corrected chi connectivity index (χ0v) is 15.5. The third kappa shape index (κ3) is 5.06. The molecule has 2 aromatic carbocycles. The average Bonchev–Trinajstić information content (AvgIpc) is 2.61. The van der Waals surface area contributed by atoms with Crippen molar-refractivity contribution in [3.63, 3.8) is 0 Å². The summed E-state index contributed by atoms with van der Waals surface area (Å²) in [5.41, 5.74) is 0.451. The van der Waals surface area contributed by atoms with Crippen LogP contribution in [0, 0.1) is 34.1 Å². The molecule has 0 bridgehead atoms. The molecular weight excluding hydrogens is 376 g/mol. The predicted molar refractivity (Wildman–Crippen MR) is 97.4 cm³/mol. The zero-order chi connectivity index (χ0) is 21.6. The van der Waals surface area contributed by atoms with Crippen LogP contribution < -0.4 is 9.47 Å². The van der Waals surface area contributed by atoms with Crippen LogP contribution in [0.15, 0.2) is 24.3 Å². The number of aromatic carboxylic acids is 1. The maximum atomic E-state index is 10.6. The Balaban J connectivity index is 0.000000283. The number of nitro benzene ring substituents is 2. The van der Waals surface area contributed by atoms with Gasteiger partial charge < -0.3 is 19.7 Å². The summed E-state index contributed by atoms with van der Waals surface area (Å²) < 4.78 is 9.61. The quantitative estimate of drug-likeness (QED) is 0.572. The summed E-state index contributed by atoms with van der Waals surface area (Å²) in [6.07, 6.45) is 0. The van der Waals surface area contributed by atoms with Crippen molar-refractivity contribution in [2.75, 3.05) is 14.2 Å². The molecule has 0 radical (unpaired) electrons. The lowest BCUT2D eigenvalue weighted by Crippen LogP contribution is -2.03. The van der Waals surface area contributed by atoms with Gasteiger partial charge in [-0.15, -0.1) is 0 Å². The van der Waals surface area contributed by atoms with Crippen LogP contribution in [0.5, 0.6) is 17.2 Å². The second kappa shape index (κ2) is 9.16. The van der Waals surface area contributed by atoms with Gasteiger partial charge in [-0.05, 0) is 25.5 Å². The first kappa shape index (κ1) is 22.2. The number of ether oxygens (including phenoxy) is 2. The molecule has 150 valence electrons. The Bertz CT molecular complexity index is 925. The number of nitrogens with zero attached hydrogens (tertiary/aromatic N) is 2. The Morgan fingerprint density at radius 2 is 1.39 bits per heavy atom. The summed E-state index contributed by atoms with van der Waals surface area (Å²) in [5, 5.41) is 38.9. The van der Waals surface area contributed by atoms with E-state index < -0.39 is 32.8 Å². The Labute approximate surface area is 159 Å². The molecule has 2 aromatic rings. The molecule has 0 saturated carbocycles. The summed E-state index contributed by atoms with van der Waals surface area (Å²) in [7, 11) is 2.71. The summed E-state index contributed by atoms with van der Waals surface area (Å²) in [6.45, 7) is 3.57. The molecule has 0 aromatic heterocycles. The average molecular weight is 394 g/mol. The van der Waals surface area contributed by atoms with E-state index in [-0.39, 0.29) is 11.4 Å². The van der Waals surface area contributed by atoms with Crippen LogP contribution in [-0.4, -0.2) is 40.2 Å². The fourth-order valence-electron chi connectivity index (χ4n) is 2.28. The molecule has 0 amide bonds. The molecular formula is C17H18N2O9. The lowest BCUT2D eigenvalue weighted by Gasteiger charge is -2.05. The zero-order valence-electron chi connectivity index (χ0n) is 15.5. The molecule has 2 rings (SSSR count). The minimum absolute atomic E-state index is 0.0995. The third-order valence-corrected chi connectivity index (χ3v) is 3.63. The number of carboxylic acids is 1. The van der Waals surface area contributed by atoms with E-state index in [1.54, 1.807) is 13.0 Å². The molecule has 0 fully saturated rings. The van der Waals surface area contributed by atoms with E-state index in [9.17, 15) is 30.1 Å². The summed E-state index contributed by atoms with van der Waals surface area (Å²) in [6, 6.07) is 4.83. The second-order valence-corrected chi connectivity index (χ2v) is 5.47. The monoisotopic (exact) mass is 394 g/mol. The van der Waals surface area contributed by atoms with Crippen molar-refractivity contribution in [3.05, 3.63) is 61.2 Å². The highest BCUT2D eigenvalue weighted by Gasteiger charge is 2.23. The van der Waals surface area contributed by atoms with Crippen molar-refractivity contribution in [3.8, 4) is 17.2 Å². The Hall–Kier alpha value is -3.89. The maximum Gasteiger partial charge on any atom is 0.342 e. The van der Waals surface area contributed by atoms with E-state index in [1.165, 1.54) is 20.3 Å². The van der Waals surface area contributed by atoms with Gasteiger partial charge in [-0.2, -0.15) is 0 Å². The van der Waals surface area contributed by atoms with Crippen LogP contribution >= 0.6 is 0 Å². The molecule has 0 aliphatic heterocycles. The Morgan fingerprint density at radius 3 is 1.82 bits per heavy atom. The fourth-order valence-corrected chi connectivity index (χ4v) is 2.28. The largest absolute Gasteiger partial charge is 0.504 e. The molecule has 11 heteroatoms. The van der Waals surface area contributed by atoms with E-state index in [0.717, 1.165) is 17.7 Å². The molecule has 0 saturated heterocycles. The molecule has 11 nitrogen and oxygen atoms in total. The number of phenols is 1. The van der Waals surface area contributed by atoms with Crippen LogP contribution in [0.2, 0.25) is 0 Å². The number of carbonyl (C=O) groups is 1. The minimum Gasteiger partial charge on any atom is -0.504 e. The first-order valence-corrected chi connectivity index (χ1v) is 7.61. The van der Waals surface area contributed by atoms with Crippen molar-refractivity contribution in [1.29, 1.82) is 0 Å². The number of benzene rings is 2. The molecule has 0 unspecified atom stereocenters. The van der Waals surface area contributed by atoms with Gasteiger partial charge in [-0.1, -0.05) is 0 Å². The molecule has 0 heterocycles. The lowest BCUT2D eigenvalue weighted by atomic mass is 10.1. The van der Waals surface area contributed by atoms with Gasteiger partial charge in [0.15, 0.2) is 11.5 Å². The van der Waals surface area contributed by atoms with Gasteiger partial charge in [0, 0.05) is 11.6 Å². The molecule has 28 heavy (non-hydrogen) atoms. The Kier molecular flexibility index (Phi) is 7.25. The topological polar surface area (TPSA) is 162 Å². The Morgan fingerprint density at radius 1 is 0.893 bits per heavy atom. The number of nitro groups is 2. The van der Waals surface area contributed by atoms with E-state index in [4.69, 9.17) is 9.84 Å². The predicted octanol–water partition coefficient (Wildman–Crippen LogP) is 3.23. The van der Waals surface area contributed by atoms with Crippen LogP contribution in [0.3, 0.4) is 0 Å². The number of phenolic OH excluding ortho intramolecular Hbond substituents is 1. The number of aromatic hydroxyl groups is 1. The maximum absolute atomic E-state index is 10.6. The summed E-state index contributed by atoms with van der Waals surface area (Å²) in [4.78, 5) is 30.4. The standard InChI is InChI=1S/C9H11NO3.C8H7NO6/c1-6-4-7(2)9(13-3)5-8(6)10(11)12;1-15-7-3-5(9(13)14)4(8(11)12)2-6(7)10/h4-5H,1-3H3;2-3,10H,1H3,(H,11,12). The van der Waals surface area contributed by atoms with Crippen molar-refractivity contribution >= 4 is 17.3 Å². The number of methoxy groups -OCH3 is 2. The van der Waals surface area contributed by atoms with Crippen LogP contribution in [0.4, 0.5) is 11.4 Å². The molecule has 2 N–H and O–H groups in total. The van der Waals surface area contributed by atoms with E-state index >= 15 is 0 Å². The van der Waals surface area contributed by atoms with Crippen LogP contribution in [-0.2, 0) is 0 Å². The van der Waals surface area contributed by atoms with Gasteiger partial charge in [0.25, 0.3) is 11.4 Å². The highest BCUT2D eigenvalue weighted by atomic mass is 16.6.